The second kappa shape index (κ2) is 7.36. The smallest absolute Gasteiger partial charge is 0.245 e. The molecule has 2 heterocycles. The van der Waals surface area contributed by atoms with Crippen LogP contribution in [0.15, 0.2) is 59.3 Å². The van der Waals surface area contributed by atoms with Gasteiger partial charge in [-0.15, -0.1) is 0 Å². The van der Waals surface area contributed by atoms with E-state index in [9.17, 15) is 4.79 Å². The molecule has 0 aliphatic carbocycles. The van der Waals surface area contributed by atoms with Crippen molar-refractivity contribution in [3.05, 3.63) is 65.6 Å². The Hall–Kier alpha value is -2.53. The lowest BCUT2D eigenvalue weighted by Crippen LogP contribution is -2.32. The van der Waals surface area contributed by atoms with Gasteiger partial charge in [-0.25, -0.2) is 0 Å². The second-order valence-electron chi connectivity index (χ2n) is 5.40. The van der Waals surface area contributed by atoms with Gasteiger partial charge >= 0.3 is 0 Å². The molecule has 2 aromatic heterocycles. The first kappa shape index (κ1) is 16.3. The maximum atomic E-state index is 12.3. The molecule has 24 heavy (non-hydrogen) atoms. The van der Waals surface area contributed by atoms with Crippen LogP contribution in [0.4, 0.5) is 0 Å². The first-order valence-electron chi connectivity index (χ1n) is 7.79. The molecule has 0 bridgehead atoms. The molecule has 0 radical (unpaired) electrons. The van der Waals surface area contributed by atoms with E-state index in [4.69, 9.17) is 16.0 Å². The predicted molar refractivity (Wildman–Crippen MR) is 92.6 cm³/mol. The van der Waals surface area contributed by atoms with Crippen molar-refractivity contribution in [3.8, 4) is 11.3 Å². The summed E-state index contributed by atoms with van der Waals surface area (Å²) >= 11 is 6.00. The highest BCUT2D eigenvalue weighted by atomic mass is 35.5. The number of nitrogens with zero attached hydrogens (tertiary/aromatic N) is 2. The van der Waals surface area contributed by atoms with Gasteiger partial charge in [0.05, 0.1) is 6.54 Å². The molecule has 1 aromatic carbocycles. The first-order chi connectivity index (χ1) is 11.7. The van der Waals surface area contributed by atoms with Crippen molar-refractivity contribution in [2.45, 2.75) is 25.9 Å². The summed E-state index contributed by atoms with van der Waals surface area (Å²) in [5.74, 6) is 1.33. The number of amides is 1. The Bertz CT molecular complexity index is 811. The number of hydrogen-bond donors (Lipinski definition) is 1. The summed E-state index contributed by atoms with van der Waals surface area (Å²) in [6, 6.07) is 12.7. The first-order valence-corrected chi connectivity index (χ1v) is 8.16. The lowest BCUT2D eigenvalue weighted by molar-refractivity contribution is -0.125. The molecule has 0 unspecified atom stereocenters. The molecule has 5 nitrogen and oxygen atoms in total. The van der Waals surface area contributed by atoms with E-state index in [1.165, 1.54) is 0 Å². The Morgan fingerprint density at radius 2 is 2.21 bits per heavy atom. The topological polar surface area (TPSA) is 60.1 Å². The quantitative estimate of drug-likeness (QED) is 0.734. The SMILES string of the molecule is CC[C@@H](C(=O)NCc1ccc(-c2cccc(Cl)c2)o1)n1cccn1. The van der Waals surface area contributed by atoms with Gasteiger partial charge in [0, 0.05) is 23.0 Å². The monoisotopic (exact) mass is 343 g/mol. The normalized spacial score (nSPS) is 12.1. The van der Waals surface area contributed by atoms with Gasteiger partial charge in [-0.05, 0) is 36.8 Å². The van der Waals surface area contributed by atoms with E-state index in [0.29, 0.717) is 23.7 Å². The number of aromatic nitrogens is 2. The highest BCUT2D eigenvalue weighted by Crippen LogP contribution is 2.24. The highest BCUT2D eigenvalue weighted by Gasteiger charge is 2.18. The summed E-state index contributed by atoms with van der Waals surface area (Å²) in [6.07, 6.45) is 4.12. The Kier molecular flexibility index (Phi) is 5.01. The molecule has 3 aromatic rings. The van der Waals surface area contributed by atoms with Gasteiger partial charge in [0.25, 0.3) is 0 Å². The zero-order valence-corrected chi connectivity index (χ0v) is 14.0. The summed E-state index contributed by atoms with van der Waals surface area (Å²) in [5, 5.41) is 7.69. The second-order valence-corrected chi connectivity index (χ2v) is 5.84. The minimum absolute atomic E-state index is 0.0816. The molecule has 6 heteroatoms. The minimum atomic E-state index is -0.317. The molecule has 0 spiro atoms. The maximum Gasteiger partial charge on any atom is 0.245 e. The number of carbonyl (C=O) groups is 1. The summed E-state index contributed by atoms with van der Waals surface area (Å²) in [5.41, 5.74) is 0.906. The van der Waals surface area contributed by atoms with Crippen LogP contribution in [-0.2, 0) is 11.3 Å². The number of rotatable bonds is 6. The van der Waals surface area contributed by atoms with Crippen molar-refractivity contribution < 1.29 is 9.21 Å². The lowest BCUT2D eigenvalue weighted by atomic mass is 10.2. The van der Waals surface area contributed by atoms with Crippen molar-refractivity contribution in [1.82, 2.24) is 15.1 Å². The van der Waals surface area contributed by atoms with Crippen molar-refractivity contribution in [3.63, 3.8) is 0 Å². The molecule has 1 amide bonds. The van der Waals surface area contributed by atoms with E-state index in [-0.39, 0.29) is 11.9 Å². The van der Waals surface area contributed by atoms with Crippen LogP contribution in [0.1, 0.15) is 25.1 Å². The molecular formula is C18H18ClN3O2. The number of nitrogens with one attached hydrogen (secondary N) is 1. The standard InChI is InChI=1S/C18H18ClN3O2/c1-2-16(22-10-4-9-21-22)18(23)20-12-15-7-8-17(24-15)13-5-3-6-14(19)11-13/h3-11,16H,2,12H2,1H3,(H,20,23)/t16-/m0/s1. The van der Waals surface area contributed by atoms with Crippen LogP contribution in [0.3, 0.4) is 0 Å². The molecule has 1 atom stereocenters. The Morgan fingerprint density at radius 3 is 2.92 bits per heavy atom. The molecule has 1 N–H and O–H groups in total. The molecule has 3 rings (SSSR count). The third-order valence-corrected chi connectivity index (χ3v) is 3.98. The van der Waals surface area contributed by atoms with Gasteiger partial charge in [-0.3, -0.25) is 9.48 Å². The van der Waals surface area contributed by atoms with Crippen LogP contribution in [0.5, 0.6) is 0 Å². The lowest BCUT2D eigenvalue weighted by Gasteiger charge is -2.14. The zero-order valence-electron chi connectivity index (χ0n) is 13.3. The molecule has 0 saturated carbocycles. The fraction of sp³-hybridized carbons (Fsp3) is 0.222. The molecule has 0 saturated heterocycles. The van der Waals surface area contributed by atoms with Crippen LogP contribution in [0.25, 0.3) is 11.3 Å². The Labute approximate surface area is 145 Å². The summed E-state index contributed by atoms with van der Waals surface area (Å²) in [4.78, 5) is 12.3. The fourth-order valence-electron chi connectivity index (χ4n) is 2.52. The predicted octanol–water partition coefficient (Wildman–Crippen LogP) is 4.06. The van der Waals surface area contributed by atoms with Crippen LogP contribution in [-0.4, -0.2) is 15.7 Å². The average Bonchev–Trinajstić information content (AvgIpc) is 3.26. The summed E-state index contributed by atoms with van der Waals surface area (Å²) < 4.78 is 7.44. The fourth-order valence-corrected chi connectivity index (χ4v) is 2.71. The number of halogens is 1. The molecule has 124 valence electrons. The molecular weight excluding hydrogens is 326 g/mol. The van der Waals surface area contributed by atoms with Crippen molar-refractivity contribution in [1.29, 1.82) is 0 Å². The Balaban J connectivity index is 1.64. The van der Waals surface area contributed by atoms with Gasteiger partial charge in [0.1, 0.15) is 17.6 Å². The van der Waals surface area contributed by atoms with Crippen LogP contribution in [0, 0.1) is 0 Å². The number of furan rings is 1. The van der Waals surface area contributed by atoms with Crippen LogP contribution >= 0.6 is 11.6 Å². The molecule has 0 aliphatic heterocycles. The summed E-state index contributed by atoms with van der Waals surface area (Å²) in [7, 11) is 0. The summed E-state index contributed by atoms with van der Waals surface area (Å²) in [6.45, 7) is 2.28. The van der Waals surface area contributed by atoms with E-state index in [2.05, 4.69) is 10.4 Å². The molecule has 0 fully saturated rings. The van der Waals surface area contributed by atoms with Gasteiger partial charge in [0.15, 0.2) is 0 Å². The molecule has 0 aliphatic rings. The van der Waals surface area contributed by atoms with Crippen molar-refractivity contribution in [2.24, 2.45) is 0 Å². The number of benzene rings is 1. The van der Waals surface area contributed by atoms with Gasteiger partial charge in [0.2, 0.25) is 5.91 Å². The van der Waals surface area contributed by atoms with Crippen LogP contribution < -0.4 is 5.32 Å². The van der Waals surface area contributed by atoms with Gasteiger partial charge < -0.3 is 9.73 Å². The van der Waals surface area contributed by atoms with Crippen molar-refractivity contribution >= 4 is 17.5 Å². The largest absolute Gasteiger partial charge is 0.459 e. The third kappa shape index (κ3) is 3.68. The number of hydrogen-bond acceptors (Lipinski definition) is 3. The average molecular weight is 344 g/mol. The van der Waals surface area contributed by atoms with Gasteiger partial charge in [-0.1, -0.05) is 30.7 Å². The number of carbonyl (C=O) groups excluding carboxylic acids is 1. The minimum Gasteiger partial charge on any atom is -0.459 e. The maximum absolute atomic E-state index is 12.3. The van der Waals surface area contributed by atoms with E-state index < -0.39 is 0 Å². The zero-order chi connectivity index (χ0) is 16.9. The van der Waals surface area contributed by atoms with E-state index >= 15 is 0 Å². The van der Waals surface area contributed by atoms with Crippen molar-refractivity contribution in [2.75, 3.05) is 0 Å². The Morgan fingerprint density at radius 1 is 1.33 bits per heavy atom. The van der Waals surface area contributed by atoms with Crippen LogP contribution in [0.2, 0.25) is 5.02 Å². The van der Waals surface area contributed by atoms with Gasteiger partial charge in [-0.2, -0.15) is 5.10 Å². The van der Waals surface area contributed by atoms with E-state index in [0.717, 1.165) is 11.3 Å². The van der Waals surface area contributed by atoms with E-state index in [1.807, 2.05) is 43.3 Å². The third-order valence-electron chi connectivity index (χ3n) is 3.74. The highest BCUT2D eigenvalue weighted by molar-refractivity contribution is 6.30. The van der Waals surface area contributed by atoms with E-state index in [1.54, 1.807) is 23.1 Å².